The molecule has 8 heteroatoms. The van der Waals surface area contributed by atoms with Crippen molar-refractivity contribution in [1.29, 1.82) is 0 Å². The largest absolute Gasteiger partial charge is 0.490 e. The molecular weight excluding hydrogens is 471 g/mol. The molecule has 1 saturated heterocycles. The number of benzene rings is 3. The average molecular weight is 496 g/mol. The monoisotopic (exact) mass is 496 g/mol. The van der Waals surface area contributed by atoms with Crippen LogP contribution in [0.2, 0.25) is 6.32 Å². The molecule has 1 heterocycles. The molecule has 4 rings (SSSR count). The van der Waals surface area contributed by atoms with Gasteiger partial charge in [0.2, 0.25) is 5.82 Å². The van der Waals surface area contributed by atoms with Crippen LogP contribution in [0.15, 0.2) is 60.7 Å². The molecule has 3 aromatic carbocycles. The lowest BCUT2D eigenvalue weighted by molar-refractivity contribution is -0.176. The van der Waals surface area contributed by atoms with Crippen molar-refractivity contribution in [1.82, 2.24) is 0 Å². The molecule has 0 saturated carbocycles. The number of hydrogen-bond donors (Lipinski definition) is 0. The average Bonchev–Trinajstić information content (AvgIpc) is 2.91. The van der Waals surface area contributed by atoms with E-state index in [1.54, 1.807) is 0 Å². The Balaban J connectivity index is 1.52. The van der Waals surface area contributed by atoms with E-state index in [0.29, 0.717) is 17.5 Å². The van der Waals surface area contributed by atoms with Crippen LogP contribution < -0.4 is 4.74 Å². The topological polar surface area (TPSA) is 27.7 Å². The van der Waals surface area contributed by atoms with Crippen LogP contribution in [-0.2, 0) is 9.47 Å². The van der Waals surface area contributed by atoms with E-state index in [4.69, 9.17) is 22.1 Å². The fraction of sp³-hybridized carbons (Fsp3) is 0.286. The third-order valence-electron chi connectivity index (χ3n) is 6.04. The zero-order chi connectivity index (χ0) is 25.7. The van der Waals surface area contributed by atoms with Crippen LogP contribution in [0.25, 0.3) is 22.3 Å². The van der Waals surface area contributed by atoms with Gasteiger partial charge >= 0.3 is 0 Å². The van der Waals surface area contributed by atoms with E-state index in [1.165, 1.54) is 48.5 Å². The molecule has 36 heavy (non-hydrogen) atoms. The molecule has 0 amide bonds. The van der Waals surface area contributed by atoms with Gasteiger partial charge in [-0.15, -0.1) is 0 Å². The molecule has 1 aliphatic rings. The normalized spacial score (nSPS) is 18.0. The fourth-order valence-electron chi connectivity index (χ4n) is 4.06. The van der Waals surface area contributed by atoms with Gasteiger partial charge in [0.25, 0.3) is 0 Å². The Bertz CT molecular complexity index is 1220. The van der Waals surface area contributed by atoms with Crippen molar-refractivity contribution in [2.45, 2.75) is 31.9 Å². The quantitative estimate of drug-likeness (QED) is 0.146. The highest BCUT2D eigenvalue weighted by atomic mass is 19.2. The van der Waals surface area contributed by atoms with Gasteiger partial charge in [0.05, 0.1) is 27.7 Å². The van der Waals surface area contributed by atoms with Gasteiger partial charge in [0.15, 0.2) is 23.2 Å². The molecule has 0 N–H and O–H groups in total. The number of ether oxygens (including phenoxy) is 3. The first-order valence-corrected chi connectivity index (χ1v) is 11.7. The molecule has 3 nitrogen and oxygen atoms in total. The van der Waals surface area contributed by atoms with Crippen molar-refractivity contribution < 1.29 is 31.8 Å². The summed E-state index contributed by atoms with van der Waals surface area (Å²) in [5.41, 5.74) is 1.03. The number of halogens is 4. The zero-order valence-corrected chi connectivity index (χ0v) is 19.8. The van der Waals surface area contributed by atoms with E-state index < -0.39 is 35.5 Å². The minimum absolute atomic E-state index is 0.0370. The van der Waals surface area contributed by atoms with Gasteiger partial charge in [-0.1, -0.05) is 48.6 Å². The highest BCUT2D eigenvalue weighted by molar-refractivity contribution is 6.08. The van der Waals surface area contributed by atoms with E-state index in [2.05, 4.69) is 0 Å². The second kappa shape index (κ2) is 11.8. The summed E-state index contributed by atoms with van der Waals surface area (Å²) in [6.45, 7) is 2.44. The molecule has 1 aliphatic heterocycles. The van der Waals surface area contributed by atoms with E-state index in [0.717, 1.165) is 0 Å². The van der Waals surface area contributed by atoms with Gasteiger partial charge in [-0.25, -0.2) is 13.2 Å². The smallest absolute Gasteiger partial charge is 0.201 e. The van der Waals surface area contributed by atoms with E-state index >= 15 is 0 Å². The first-order valence-electron chi connectivity index (χ1n) is 11.7. The summed E-state index contributed by atoms with van der Waals surface area (Å²) >= 11 is 0. The summed E-state index contributed by atoms with van der Waals surface area (Å²) in [6.07, 6.45) is 3.93. The van der Waals surface area contributed by atoms with Gasteiger partial charge in [0, 0.05) is 17.0 Å². The Hall–Kier alpha value is -3.10. The summed E-state index contributed by atoms with van der Waals surface area (Å²) in [7, 11) is 5.49. The first-order chi connectivity index (χ1) is 17.4. The fourth-order valence-corrected chi connectivity index (χ4v) is 4.06. The minimum Gasteiger partial charge on any atom is -0.490 e. The molecular formula is C28H25BF4O3. The van der Waals surface area contributed by atoms with Crippen LogP contribution in [0.3, 0.4) is 0 Å². The van der Waals surface area contributed by atoms with Crippen molar-refractivity contribution in [3.05, 3.63) is 89.5 Å². The van der Waals surface area contributed by atoms with Crippen LogP contribution >= 0.6 is 0 Å². The maximum Gasteiger partial charge on any atom is 0.201 e. The molecule has 0 unspecified atom stereocenters. The molecule has 0 spiro atoms. The van der Waals surface area contributed by atoms with Gasteiger partial charge in [0.1, 0.15) is 6.29 Å². The number of allylic oxidation sites excluding steroid dienone is 1. The molecule has 2 radical (unpaired) electrons. The van der Waals surface area contributed by atoms with Crippen molar-refractivity contribution in [2.24, 2.45) is 0 Å². The van der Waals surface area contributed by atoms with Crippen molar-refractivity contribution in [3.63, 3.8) is 0 Å². The van der Waals surface area contributed by atoms with Gasteiger partial charge in [-0.3, -0.25) is 0 Å². The Kier molecular flexibility index (Phi) is 8.49. The molecule has 3 aromatic rings. The lowest BCUT2D eigenvalue weighted by Gasteiger charge is -2.29. The van der Waals surface area contributed by atoms with E-state index in [1.807, 2.05) is 19.1 Å². The summed E-state index contributed by atoms with van der Waals surface area (Å²) in [4.78, 5) is 0. The molecule has 0 aliphatic carbocycles. The minimum atomic E-state index is -1.07. The SMILES string of the molecule is [B]CC1OCC(c2ccc(-c3ccc(-c4ccc(OCC/C=C\C)c(F)c4F)cc3)c(F)c2F)CO1. The molecule has 186 valence electrons. The third-order valence-corrected chi connectivity index (χ3v) is 6.04. The lowest BCUT2D eigenvalue weighted by Crippen LogP contribution is -2.31. The van der Waals surface area contributed by atoms with Gasteiger partial charge < -0.3 is 14.2 Å². The van der Waals surface area contributed by atoms with E-state index in [-0.39, 0.29) is 48.6 Å². The molecule has 0 aromatic heterocycles. The van der Waals surface area contributed by atoms with Crippen LogP contribution in [0.1, 0.15) is 24.8 Å². The highest BCUT2D eigenvalue weighted by Gasteiger charge is 2.27. The van der Waals surface area contributed by atoms with Crippen molar-refractivity contribution in [3.8, 4) is 28.0 Å². The van der Waals surface area contributed by atoms with Crippen LogP contribution in [0.5, 0.6) is 5.75 Å². The Morgan fingerprint density at radius 3 is 2.00 bits per heavy atom. The Morgan fingerprint density at radius 1 is 0.833 bits per heavy atom. The summed E-state index contributed by atoms with van der Waals surface area (Å²) in [5.74, 6) is -4.71. The molecule has 0 bridgehead atoms. The first kappa shape index (κ1) is 26.0. The number of hydrogen-bond acceptors (Lipinski definition) is 3. The van der Waals surface area contributed by atoms with Gasteiger partial charge in [-0.2, -0.15) is 4.39 Å². The zero-order valence-electron chi connectivity index (χ0n) is 19.8. The standard InChI is InChI=1S/C28H25BF4O3/c1-2-3-4-13-34-23-12-11-21(27(32)28(23)33)18-7-5-17(6-8-18)20-9-10-22(26(31)25(20)30)19-15-35-24(14-29)36-16-19/h2-3,5-12,19,24H,4,13-16H2,1H3/b3-2-. The highest BCUT2D eigenvalue weighted by Crippen LogP contribution is 2.34. The predicted molar refractivity (Wildman–Crippen MR) is 131 cm³/mol. The van der Waals surface area contributed by atoms with Gasteiger partial charge in [-0.05, 0) is 48.5 Å². The maximum absolute atomic E-state index is 15.0. The van der Waals surface area contributed by atoms with E-state index in [9.17, 15) is 17.6 Å². The van der Waals surface area contributed by atoms with Crippen LogP contribution in [0.4, 0.5) is 17.6 Å². The second-order valence-corrected chi connectivity index (χ2v) is 8.38. The molecule has 1 fully saturated rings. The Morgan fingerprint density at radius 2 is 1.42 bits per heavy atom. The lowest BCUT2D eigenvalue weighted by atomic mass is 9.94. The maximum atomic E-state index is 15.0. The summed E-state index contributed by atoms with van der Waals surface area (Å²) in [5, 5.41) is 0. The van der Waals surface area contributed by atoms with Crippen molar-refractivity contribution in [2.75, 3.05) is 19.8 Å². The third kappa shape index (κ3) is 5.50. The second-order valence-electron chi connectivity index (χ2n) is 8.38. The molecule has 0 atom stereocenters. The van der Waals surface area contributed by atoms with Crippen molar-refractivity contribution >= 4 is 7.85 Å². The Labute approximate surface area is 209 Å². The van der Waals surface area contributed by atoms with Crippen LogP contribution in [-0.4, -0.2) is 34.0 Å². The summed E-state index contributed by atoms with van der Waals surface area (Å²) in [6, 6.07) is 11.9. The number of rotatable bonds is 8. The predicted octanol–water partition coefficient (Wildman–Crippen LogP) is 6.97. The summed E-state index contributed by atoms with van der Waals surface area (Å²) < 4.78 is 75.2. The van der Waals surface area contributed by atoms with Crippen LogP contribution in [0, 0.1) is 23.3 Å².